The number of carbonyl (C=O) groups is 1. The summed E-state index contributed by atoms with van der Waals surface area (Å²) >= 11 is 0. The van der Waals surface area contributed by atoms with Gasteiger partial charge in [-0.3, -0.25) is 9.78 Å². The molecule has 0 bridgehead atoms. The number of fused-ring (bicyclic) bond motifs is 1. The molecule has 0 spiro atoms. The fraction of sp³-hybridized carbons (Fsp3) is 0.577. The number of rotatable bonds is 3. The summed E-state index contributed by atoms with van der Waals surface area (Å²) in [6.45, 7) is 13.3. The molecular weight excluding hydrogens is 490 g/mol. The Morgan fingerprint density at radius 3 is 2.43 bits per heavy atom. The molecule has 5 rings (SSSR count). The first kappa shape index (κ1) is 25.4. The van der Waals surface area contributed by atoms with E-state index in [1.54, 1.807) is 24.3 Å². The normalized spacial score (nSPS) is 27.9. The van der Waals surface area contributed by atoms with E-state index in [2.05, 4.69) is 39.7 Å². The number of aromatic nitrogens is 3. The van der Waals surface area contributed by atoms with Crippen molar-refractivity contribution in [1.29, 1.82) is 5.26 Å². The number of nitrogens with zero attached hydrogens (tertiary/aromatic N) is 7. The summed E-state index contributed by atoms with van der Waals surface area (Å²) in [6, 6.07) is 3.81. The predicted molar refractivity (Wildman–Crippen MR) is 141 cm³/mol. The molecule has 0 aromatic carbocycles. The van der Waals surface area contributed by atoms with Crippen molar-refractivity contribution in [3.63, 3.8) is 0 Å². The maximum absolute atomic E-state index is 13.4. The van der Waals surface area contributed by atoms with E-state index < -0.39 is 14.6 Å². The van der Waals surface area contributed by atoms with E-state index in [0.29, 0.717) is 37.3 Å². The van der Waals surface area contributed by atoms with Crippen molar-refractivity contribution < 1.29 is 13.2 Å². The van der Waals surface area contributed by atoms with E-state index in [0.717, 1.165) is 22.9 Å². The lowest BCUT2D eigenvalue weighted by Gasteiger charge is -2.49. The molecule has 1 unspecified atom stereocenters. The van der Waals surface area contributed by atoms with Crippen LogP contribution in [0.5, 0.6) is 0 Å². The van der Waals surface area contributed by atoms with Gasteiger partial charge in [-0.1, -0.05) is 13.8 Å². The molecule has 3 aliphatic heterocycles. The fourth-order valence-electron chi connectivity index (χ4n) is 5.76. The first-order valence-corrected chi connectivity index (χ1v) is 14.3. The van der Waals surface area contributed by atoms with Crippen LogP contribution in [0.3, 0.4) is 0 Å². The van der Waals surface area contributed by atoms with Gasteiger partial charge in [-0.25, -0.2) is 18.4 Å². The van der Waals surface area contributed by atoms with Gasteiger partial charge in [0.15, 0.2) is 9.84 Å². The molecule has 3 aliphatic rings. The van der Waals surface area contributed by atoms with Gasteiger partial charge in [-0.05, 0) is 40.2 Å². The maximum Gasteiger partial charge on any atom is 0.244 e. The summed E-state index contributed by atoms with van der Waals surface area (Å²) in [5, 5.41) is 9.51. The van der Waals surface area contributed by atoms with Crippen LogP contribution in [0.15, 0.2) is 18.6 Å². The van der Waals surface area contributed by atoms with Gasteiger partial charge < -0.3 is 14.7 Å². The van der Waals surface area contributed by atoms with Crippen LogP contribution in [0.1, 0.15) is 57.9 Å². The highest BCUT2D eigenvalue weighted by atomic mass is 32.2. The minimum atomic E-state index is -3.40. The first-order chi connectivity index (χ1) is 17.3. The van der Waals surface area contributed by atoms with E-state index in [-0.39, 0.29) is 29.2 Å². The standard InChI is InChI=1S/C26H33N7O3S/c1-16-13-32(24(34)26(6)7-8-37(26,35)36)17(2)12-31(16)22-21-23(30-15-29-22)33(14-25(21,4)5)20-9-19(10-27)18(3)28-11-20/h9,11,15-17H,7-8,12-14H2,1-6H3/t16-,17+,26?/m0/s1. The SMILES string of the molecule is Cc1ncc(N2CC(C)(C)c3c2ncnc3N2C[C@@H](C)N(C(=O)C3(C)CCS3(=O)=O)C[C@@H]2C)cc1C#N. The molecule has 5 heterocycles. The van der Waals surface area contributed by atoms with E-state index in [1.165, 1.54) is 0 Å². The van der Waals surface area contributed by atoms with Crippen LogP contribution in [0.2, 0.25) is 0 Å². The minimum Gasteiger partial charge on any atom is -0.350 e. The zero-order valence-corrected chi connectivity index (χ0v) is 23.0. The average Bonchev–Trinajstić information content (AvgIpc) is 3.14. The lowest BCUT2D eigenvalue weighted by molar-refractivity contribution is -0.137. The van der Waals surface area contributed by atoms with E-state index in [9.17, 15) is 18.5 Å². The molecule has 2 fully saturated rings. The second-order valence-electron chi connectivity index (χ2n) is 11.4. The quantitative estimate of drug-likeness (QED) is 0.597. The number of amides is 1. The van der Waals surface area contributed by atoms with Crippen molar-refractivity contribution in [2.24, 2.45) is 0 Å². The Morgan fingerprint density at radius 2 is 1.81 bits per heavy atom. The monoisotopic (exact) mass is 523 g/mol. The van der Waals surface area contributed by atoms with Gasteiger partial charge in [-0.15, -0.1) is 0 Å². The molecule has 0 N–H and O–H groups in total. The molecule has 196 valence electrons. The largest absolute Gasteiger partial charge is 0.350 e. The van der Waals surface area contributed by atoms with E-state index in [4.69, 9.17) is 4.98 Å². The van der Waals surface area contributed by atoms with Gasteiger partial charge in [0.1, 0.15) is 28.8 Å². The Kier molecular flexibility index (Phi) is 5.75. The van der Waals surface area contributed by atoms with Crippen molar-refractivity contribution in [2.45, 2.75) is 70.2 Å². The number of nitriles is 1. The highest BCUT2D eigenvalue weighted by molar-refractivity contribution is 7.95. The number of aryl methyl sites for hydroxylation is 1. The Labute approximate surface area is 218 Å². The van der Waals surface area contributed by atoms with Crippen LogP contribution < -0.4 is 9.80 Å². The summed E-state index contributed by atoms with van der Waals surface area (Å²) in [5.41, 5.74) is 2.76. The molecule has 2 saturated heterocycles. The molecule has 2 aromatic heterocycles. The number of carbonyl (C=O) groups excluding carboxylic acids is 1. The molecule has 0 radical (unpaired) electrons. The number of hydrogen-bond acceptors (Lipinski definition) is 9. The summed E-state index contributed by atoms with van der Waals surface area (Å²) in [5.74, 6) is 1.39. The smallest absolute Gasteiger partial charge is 0.244 e. The third kappa shape index (κ3) is 3.76. The fourth-order valence-corrected chi connectivity index (χ4v) is 7.30. The summed E-state index contributed by atoms with van der Waals surface area (Å²) in [4.78, 5) is 33.2. The van der Waals surface area contributed by atoms with Crippen molar-refractivity contribution in [3.8, 4) is 6.07 Å². The first-order valence-electron chi connectivity index (χ1n) is 12.6. The van der Waals surface area contributed by atoms with Crippen LogP contribution in [-0.4, -0.2) is 76.4 Å². The second-order valence-corrected chi connectivity index (χ2v) is 14.0. The number of pyridine rings is 1. The van der Waals surface area contributed by atoms with Gasteiger partial charge in [0.05, 0.1) is 28.9 Å². The third-order valence-electron chi connectivity index (χ3n) is 8.30. The lowest BCUT2D eigenvalue weighted by Crippen LogP contribution is -2.66. The average molecular weight is 524 g/mol. The molecule has 0 aliphatic carbocycles. The molecular formula is C26H33N7O3S. The number of anilines is 3. The van der Waals surface area contributed by atoms with Crippen LogP contribution in [0.25, 0.3) is 0 Å². The van der Waals surface area contributed by atoms with Crippen molar-refractivity contribution in [3.05, 3.63) is 35.4 Å². The molecule has 0 saturated carbocycles. The molecule has 37 heavy (non-hydrogen) atoms. The zero-order valence-electron chi connectivity index (χ0n) is 22.2. The van der Waals surface area contributed by atoms with Crippen LogP contribution in [-0.2, 0) is 20.0 Å². The Hall–Kier alpha value is -3.26. The van der Waals surface area contributed by atoms with Gasteiger partial charge in [0, 0.05) is 42.7 Å². The summed E-state index contributed by atoms with van der Waals surface area (Å²) < 4.78 is 23.5. The second kappa shape index (κ2) is 8.38. The van der Waals surface area contributed by atoms with Gasteiger partial charge in [0.2, 0.25) is 5.91 Å². The minimum absolute atomic E-state index is 0.0680. The summed E-state index contributed by atoms with van der Waals surface area (Å²) in [6.07, 6.45) is 3.71. The lowest BCUT2D eigenvalue weighted by atomic mass is 9.87. The number of hydrogen-bond donors (Lipinski definition) is 0. The van der Waals surface area contributed by atoms with Gasteiger partial charge in [0.25, 0.3) is 0 Å². The molecule has 3 atom stereocenters. The summed E-state index contributed by atoms with van der Waals surface area (Å²) in [7, 11) is -3.40. The van der Waals surface area contributed by atoms with Crippen molar-refractivity contribution in [1.82, 2.24) is 19.9 Å². The predicted octanol–water partition coefficient (Wildman–Crippen LogP) is 2.48. The van der Waals surface area contributed by atoms with Crippen LogP contribution in [0, 0.1) is 18.3 Å². The van der Waals surface area contributed by atoms with Gasteiger partial charge >= 0.3 is 0 Å². The third-order valence-corrected chi connectivity index (χ3v) is 10.8. The topological polar surface area (TPSA) is 123 Å². The molecule has 11 heteroatoms. The van der Waals surface area contributed by atoms with Crippen molar-refractivity contribution in [2.75, 3.05) is 35.2 Å². The Balaban J connectivity index is 1.48. The van der Waals surface area contributed by atoms with Crippen molar-refractivity contribution >= 4 is 33.1 Å². The highest BCUT2D eigenvalue weighted by Gasteiger charge is 2.57. The Morgan fingerprint density at radius 1 is 1.11 bits per heavy atom. The van der Waals surface area contributed by atoms with Crippen LogP contribution in [0.4, 0.5) is 17.3 Å². The Bertz CT molecular complexity index is 1430. The van der Waals surface area contributed by atoms with E-state index in [1.807, 2.05) is 26.8 Å². The van der Waals surface area contributed by atoms with Crippen LogP contribution >= 0.6 is 0 Å². The number of piperazine rings is 1. The van der Waals surface area contributed by atoms with Gasteiger partial charge in [-0.2, -0.15) is 5.26 Å². The maximum atomic E-state index is 13.4. The van der Waals surface area contributed by atoms with E-state index >= 15 is 0 Å². The zero-order chi connectivity index (χ0) is 26.9. The highest BCUT2D eigenvalue weighted by Crippen LogP contribution is 2.47. The molecule has 10 nitrogen and oxygen atoms in total. The molecule has 2 aromatic rings. The number of sulfone groups is 1. The molecule has 1 amide bonds.